The van der Waals surface area contributed by atoms with E-state index in [9.17, 15) is 9.59 Å². The zero-order chi connectivity index (χ0) is 26.8. The predicted octanol–water partition coefficient (Wildman–Crippen LogP) is 4.16. The van der Waals surface area contributed by atoms with Crippen LogP contribution in [0.5, 0.6) is 5.75 Å². The molecule has 0 spiro atoms. The summed E-state index contributed by atoms with van der Waals surface area (Å²) in [5, 5.41) is 5.88. The first-order valence-electron chi connectivity index (χ1n) is 13.1. The second-order valence-corrected chi connectivity index (χ2v) is 9.36. The highest BCUT2D eigenvalue weighted by Crippen LogP contribution is 2.45. The zero-order valence-electron chi connectivity index (χ0n) is 22.2. The Morgan fingerprint density at radius 3 is 2.63 bits per heavy atom. The van der Waals surface area contributed by atoms with Crippen molar-refractivity contribution in [1.29, 1.82) is 0 Å². The van der Waals surface area contributed by atoms with Crippen LogP contribution in [-0.2, 0) is 4.74 Å². The second-order valence-electron chi connectivity index (χ2n) is 9.36. The zero-order valence-corrected chi connectivity index (χ0v) is 22.2. The topological polar surface area (TPSA) is 124 Å². The molecule has 1 aliphatic carbocycles. The van der Waals surface area contributed by atoms with Crippen LogP contribution in [0.2, 0.25) is 0 Å². The molecular formula is C27H33N7O4. The summed E-state index contributed by atoms with van der Waals surface area (Å²) in [6.07, 6.45) is 8.61. The number of aromatic nitrogens is 4. The smallest absolute Gasteiger partial charge is 0.358 e. The van der Waals surface area contributed by atoms with E-state index in [2.05, 4.69) is 32.4 Å². The van der Waals surface area contributed by atoms with Gasteiger partial charge in [0.1, 0.15) is 17.8 Å². The Morgan fingerprint density at radius 2 is 1.95 bits per heavy atom. The lowest BCUT2D eigenvalue weighted by Crippen LogP contribution is -2.42. The molecule has 0 radical (unpaired) electrons. The molecule has 38 heavy (non-hydrogen) atoms. The van der Waals surface area contributed by atoms with Crippen molar-refractivity contribution in [3.63, 3.8) is 0 Å². The number of amides is 1. The van der Waals surface area contributed by atoms with E-state index in [0.717, 1.165) is 49.3 Å². The Hall–Kier alpha value is -4.15. The fourth-order valence-electron chi connectivity index (χ4n) is 5.49. The summed E-state index contributed by atoms with van der Waals surface area (Å²) in [4.78, 5) is 41.2. The van der Waals surface area contributed by atoms with Gasteiger partial charge in [0.15, 0.2) is 11.5 Å². The second kappa shape index (κ2) is 10.7. The third-order valence-electron chi connectivity index (χ3n) is 7.22. The number of imidazole rings is 1. The summed E-state index contributed by atoms with van der Waals surface area (Å²) in [6.45, 7) is 4.20. The van der Waals surface area contributed by atoms with E-state index in [-0.39, 0.29) is 18.6 Å². The highest BCUT2D eigenvalue weighted by Gasteiger charge is 2.40. The van der Waals surface area contributed by atoms with Crippen LogP contribution < -0.4 is 20.3 Å². The van der Waals surface area contributed by atoms with Gasteiger partial charge in [-0.1, -0.05) is 19.8 Å². The minimum atomic E-state index is -0.416. The number of ether oxygens (including phenoxy) is 2. The van der Waals surface area contributed by atoms with Gasteiger partial charge in [0, 0.05) is 18.7 Å². The predicted molar refractivity (Wildman–Crippen MR) is 143 cm³/mol. The summed E-state index contributed by atoms with van der Waals surface area (Å²) in [6, 6.07) is 5.37. The van der Waals surface area contributed by atoms with Gasteiger partial charge in [-0.15, -0.1) is 0 Å². The molecule has 1 amide bonds. The molecule has 3 aromatic rings. The molecule has 2 aliphatic rings. The van der Waals surface area contributed by atoms with Crippen LogP contribution in [0.3, 0.4) is 0 Å². The molecular weight excluding hydrogens is 486 g/mol. The van der Waals surface area contributed by atoms with Gasteiger partial charge in [0.25, 0.3) is 5.91 Å². The minimum Gasteiger partial charge on any atom is -0.495 e. The van der Waals surface area contributed by atoms with E-state index in [1.807, 2.05) is 4.57 Å². The van der Waals surface area contributed by atoms with Gasteiger partial charge in [0.2, 0.25) is 5.95 Å². The largest absolute Gasteiger partial charge is 0.495 e. The number of carbonyl (C=O) groups excluding carboxylic acids is 2. The summed E-state index contributed by atoms with van der Waals surface area (Å²) in [5.74, 6) is 1.09. The van der Waals surface area contributed by atoms with Crippen LogP contribution in [-0.4, -0.2) is 58.2 Å². The first-order valence-corrected chi connectivity index (χ1v) is 13.1. The average Bonchev–Trinajstić information content (AvgIpc) is 3.63. The third-order valence-corrected chi connectivity index (χ3v) is 7.22. The molecule has 3 heterocycles. The van der Waals surface area contributed by atoms with Gasteiger partial charge in [-0.25, -0.2) is 14.8 Å². The first-order chi connectivity index (χ1) is 18.5. The Morgan fingerprint density at radius 1 is 1.16 bits per heavy atom. The monoisotopic (exact) mass is 519 g/mol. The first kappa shape index (κ1) is 25.5. The maximum Gasteiger partial charge on any atom is 0.358 e. The summed E-state index contributed by atoms with van der Waals surface area (Å²) >= 11 is 0. The number of esters is 1. The molecule has 1 aliphatic heterocycles. The number of nitrogens with zero attached hydrogens (tertiary/aromatic N) is 5. The minimum absolute atomic E-state index is 0.0865. The van der Waals surface area contributed by atoms with Crippen molar-refractivity contribution in [3.8, 4) is 11.4 Å². The number of anilines is 3. The molecule has 200 valence electrons. The highest BCUT2D eigenvalue weighted by molar-refractivity contribution is 5.95. The van der Waals surface area contributed by atoms with E-state index in [1.165, 1.54) is 0 Å². The molecule has 0 unspecified atom stereocenters. The van der Waals surface area contributed by atoms with Crippen molar-refractivity contribution in [1.82, 2.24) is 24.8 Å². The van der Waals surface area contributed by atoms with Crippen molar-refractivity contribution in [3.05, 3.63) is 47.7 Å². The number of rotatable bonds is 8. The molecule has 0 bridgehead atoms. The highest BCUT2D eigenvalue weighted by atomic mass is 16.5. The molecule has 11 heteroatoms. The van der Waals surface area contributed by atoms with Crippen molar-refractivity contribution < 1.29 is 19.1 Å². The fourth-order valence-corrected chi connectivity index (χ4v) is 5.49. The molecule has 1 atom stereocenters. The number of fused-ring (bicyclic) bond motifs is 3. The quantitative estimate of drug-likeness (QED) is 0.422. The number of methoxy groups -OCH3 is 1. The lowest BCUT2D eigenvalue weighted by molar-refractivity contribution is 0.0517. The Labute approximate surface area is 221 Å². The normalized spacial score (nSPS) is 16.5. The standard InChI is InChI=1S/C27H33N7O4/c1-5-19-23-22(26(36)38-6-2)30-15-33(23)20-14-29-27(32-24(20)34(19)17-9-7-8-10-17)31-18-12-11-16(25(35)28-3)13-21(18)37-4/h11-15,17,19H,5-10H2,1-4H3,(H,28,35)(H,29,31,32)/t19-/m1/s1. The third kappa shape index (κ3) is 4.42. The van der Waals surface area contributed by atoms with Crippen LogP contribution in [0.4, 0.5) is 17.5 Å². The van der Waals surface area contributed by atoms with E-state index >= 15 is 0 Å². The number of carbonyl (C=O) groups is 2. The molecule has 2 aromatic heterocycles. The maximum atomic E-state index is 12.8. The number of hydrogen-bond donors (Lipinski definition) is 2. The van der Waals surface area contributed by atoms with Crippen molar-refractivity contribution >= 4 is 29.3 Å². The van der Waals surface area contributed by atoms with Crippen LogP contribution in [0.15, 0.2) is 30.7 Å². The van der Waals surface area contributed by atoms with Crippen molar-refractivity contribution in [2.45, 2.75) is 58.0 Å². The Bertz CT molecular complexity index is 1350. The molecule has 1 fully saturated rings. The van der Waals surface area contributed by atoms with Crippen LogP contribution in [0.25, 0.3) is 5.69 Å². The molecule has 0 saturated heterocycles. The van der Waals surface area contributed by atoms with E-state index in [1.54, 1.807) is 51.8 Å². The summed E-state index contributed by atoms with van der Waals surface area (Å²) < 4.78 is 12.8. The van der Waals surface area contributed by atoms with Crippen LogP contribution in [0, 0.1) is 0 Å². The van der Waals surface area contributed by atoms with E-state index < -0.39 is 5.97 Å². The lowest BCUT2D eigenvalue weighted by atomic mass is 10.00. The van der Waals surface area contributed by atoms with Gasteiger partial charge in [-0.3, -0.25) is 9.36 Å². The van der Waals surface area contributed by atoms with E-state index in [4.69, 9.17) is 14.5 Å². The van der Waals surface area contributed by atoms with Crippen LogP contribution >= 0.6 is 0 Å². The van der Waals surface area contributed by atoms with Gasteiger partial charge >= 0.3 is 5.97 Å². The molecule has 5 rings (SSSR count). The average molecular weight is 520 g/mol. The SMILES string of the molecule is CCOC(=O)c1ncn2c1[C@@H](CC)N(C1CCCC1)c1nc(Nc3ccc(C(=O)NC)cc3OC)ncc1-2. The van der Waals surface area contributed by atoms with E-state index in [0.29, 0.717) is 34.7 Å². The number of benzene rings is 1. The molecule has 11 nitrogen and oxygen atoms in total. The summed E-state index contributed by atoms with van der Waals surface area (Å²) in [5.41, 5.74) is 3.07. The van der Waals surface area contributed by atoms with Gasteiger partial charge in [-0.2, -0.15) is 4.98 Å². The van der Waals surface area contributed by atoms with Crippen molar-refractivity contribution in [2.24, 2.45) is 0 Å². The lowest BCUT2D eigenvalue weighted by Gasteiger charge is -2.42. The molecule has 2 N–H and O–H groups in total. The maximum absolute atomic E-state index is 12.8. The fraction of sp³-hybridized carbons (Fsp3) is 0.444. The summed E-state index contributed by atoms with van der Waals surface area (Å²) in [7, 11) is 3.14. The molecule has 1 aromatic carbocycles. The Kier molecular flexibility index (Phi) is 7.17. The van der Waals surface area contributed by atoms with Gasteiger partial charge < -0.3 is 25.0 Å². The van der Waals surface area contributed by atoms with Gasteiger partial charge in [-0.05, 0) is 44.4 Å². The van der Waals surface area contributed by atoms with Gasteiger partial charge in [0.05, 0.1) is 37.3 Å². The Balaban J connectivity index is 1.58. The number of nitrogens with one attached hydrogen (secondary N) is 2. The van der Waals surface area contributed by atoms with Crippen LogP contribution in [0.1, 0.15) is 78.5 Å². The molecule has 1 saturated carbocycles. The number of hydrogen-bond acceptors (Lipinski definition) is 9. The van der Waals surface area contributed by atoms with Crippen molar-refractivity contribution in [2.75, 3.05) is 31.0 Å².